The maximum Gasteiger partial charge on any atom is 0.321 e. The summed E-state index contributed by atoms with van der Waals surface area (Å²) in [6, 6.07) is 17.3. The number of urea groups is 1. The molecule has 0 aliphatic carbocycles. The molecule has 2 aromatic carbocycles. The van der Waals surface area contributed by atoms with Crippen LogP contribution in [0.15, 0.2) is 54.6 Å². The first-order valence-corrected chi connectivity index (χ1v) is 7.87. The minimum Gasteiger partial charge on any atom is -0.391 e. The van der Waals surface area contributed by atoms with E-state index >= 15 is 0 Å². The van der Waals surface area contributed by atoms with Crippen LogP contribution in [0.1, 0.15) is 12.8 Å². The number of amides is 2. The van der Waals surface area contributed by atoms with Crippen molar-refractivity contribution in [2.24, 2.45) is 0 Å². The summed E-state index contributed by atoms with van der Waals surface area (Å²) in [5, 5.41) is 15.8. The van der Waals surface area contributed by atoms with Crippen LogP contribution < -0.4 is 10.6 Å². The molecule has 0 saturated carbocycles. The number of nitrogens with zero attached hydrogens (tertiary/aromatic N) is 1. The Bertz CT molecular complexity index is 643. The van der Waals surface area contributed by atoms with Crippen LogP contribution in [-0.2, 0) is 0 Å². The quantitative estimate of drug-likeness (QED) is 0.814. The second kappa shape index (κ2) is 7.15. The molecule has 5 nitrogen and oxygen atoms in total. The Morgan fingerprint density at radius 2 is 1.65 bits per heavy atom. The van der Waals surface area contributed by atoms with E-state index in [1.807, 2.05) is 54.6 Å². The smallest absolute Gasteiger partial charge is 0.321 e. The molecule has 1 unspecified atom stereocenters. The average molecular weight is 311 g/mol. The largest absolute Gasteiger partial charge is 0.391 e. The predicted molar refractivity (Wildman–Crippen MR) is 92.0 cm³/mol. The van der Waals surface area contributed by atoms with Crippen LogP contribution in [0.2, 0.25) is 0 Å². The lowest BCUT2D eigenvalue weighted by Gasteiger charge is -2.30. The van der Waals surface area contributed by atoms with Crippen LogP contribution in [0.5, 0.6) is 0 Å². The van der Waals surface area contributed by atoms with E-state index in [2.05, 4.69) is 10.6 Å². The Balaban J connectivity index is 1.58. The van der Waals surface area contributed by atoms with E-state index in [0.717, 1.165) is 29.9 Å². The van der Waals surface area contributed by atoms with Gasteiger partial charge in [-0.2, -0.15) is 0 Å². The first kappa shape index (κ1) is 15.4. The molecule has 0 bridgehead atoms. The van der Waals surface area contributed by atoms with Crippen LogP contribution >= 0.6 is 0 Å². The molecule has 3 rings (SSSR count). The highest BCUT2D eigenvalue weighted by molar-refractivity contribution is 5.89. The van der Waals surface area contributed by atoms with E-state index in [0.29, 0.717) is 13.1 Å². The SMILES string of the molecule is O=C(Nc1ccc(Nc2ccccc2)cc1)N1CCCC(O)C1. The van der Waals surface area contributed by atoms with E-state index in [1.165, 1.54) is 0 Å². The molecule has 2 amide bonds. The summed E-state index contributed by atoms with van der Waals surface area (Å²) in [7, 11) is 0. The fourth-order valence-corrected chi connectivity index (χ4v) is 2.67. The van der Waals surface area contributed by atoms with E-state index in [9.17, 15) is 9.90 Å². The van der Waals surface area contributed by atoms with Gasteiger partial charge in [0.2, 0.25) is 0 Å². The van der Waals surface area contributed by atoms with Gasteiger partial charge in [0.15, 0.2) is 0 Å². The highest BCUT2D eigenvalue weighted by Gasteiger charge is 2.21. The molecule has 1 fully saturated rings. The minimum absolute atomic E-state index is 0.160. The molecule has 1 aliphatic heterocycles. The third-order valence-electron chi connectivity index (χ3n) is 3.88. The van der Waals surface area contributed by atoms with Crippen molar-refractivity contribution in [3.8, 4) is 0 Å². The highest BCUT2D eigenvalue weighted by atomic mass is 16.3. The second-order valence-corrected chi connectivity index (χ2v) is 5.74. The number of carbonyl (C=O) groups is 1. The molecule has 0 spiro atoms. The topological polar surface area (TPSA) is 64.6 Å². The van der Waals surface area contributed by atoms with Gasteiger partial charge in [-0.3, -0.25) is 0 Å². The van der Waals surface area contributed by atoms with E-state index < -0.39 is 6.10 Å². The van der Waals surface area contributed by atoms with Gasteiger partial charge in [-0.05, 0) is 49.2 Å². The molecule has 120 valence electrons. The van der Waals surface area contributed by atoms with Gasteiger partial charge in [0.25, 0.3) is 0 Å². The Labute approximate surface area is 135 Å². The first-order chi connectivity index (χ1) is 11.2. The molecule has 3 N–H and O–H groups in total. The number of carbonyl (C=O) groups excluding carboxylic acids is 1. The molecule has 1 atom stereocenters. The number of hydrogen-bond acceptors (Lipinski definition) is 3. The zero-order chi connectivity index (χ0) is 16.1. The average Bonchev–Trinajstić information content (AvgIpc) is 2.57. The number of benzene rings is 2. The van der Waals surface area contributed by atoms with E-state index in [-0.39, 0.29) is 6.03 Å². The Hall–Kier alpha value is -2.53. The summed E-state index contributed by atoms with van der Waals surface area (Å²) in [4.78, 5) is 13.8. The fraction of sp³-hybridized carbons (Fsp3) is 0.278. The van der Waals surface area contributed by atoms with Crippen molar-refractivity contribution >= 4 is 23.1 Å². The summed E-state index contributed by atoms with van der Waals surface area (Å²) in [6.45, 7) is 1.09. The van der Waals surface area contributed by atoms with Crippen molar-refractivity contribution in [1.82, 2.24) is 4.90 Å². The molecule has 1 heterocycles. The third kappa shape index (κ3) is 4.23. The van der Waals surface area contributed by atoms with Gasteiger partial charge in [-0.15, -0.1) is 0 Å². The molecule has 5 heteroatoms. The zero-order valence-corrected chi connectivity index (χ0v) is 12.9. The lowest BCUT2D eigenvalue weighted by Crippen LogP contribution is -2.44. The predicted octanol–water partition coefficient (Wildman–Crippen LogP) is 3.42. The molecule has 1 aliphatic rings. The van der Waals surface area contributed by atoms with Crippen LogP contribution in [0.4, 0.5) is 21.9 Å². The lowest BCUT2D eigenvalue weighted by molar-refractivity contribution is 0.0883. The van der Waals surface area contributed by atoms with Crippen LogP contribution in [0, 0.1) is 0 Å². The molecular formula is C18H21N3O2. The third-order valence-corrected chi connectivity index (χ3v) is 3.88. The van der Waals surface area contributed by atoms with Crippen molar-refractivity contribution in [3.05, 3.63) is 54.6 Å². The van der Waals surface area contributed by atoms with Crippen molar-refractivity contribution in [1.29, 1.82) is 0 Å². The summed E-state index contributed by atoms with van der Waals surface area (Å²) >= 11 is 0. The Morgan fingerprint density at radius 1 is 1.00 bits per heavy atom. The maximum atomic E-state index is 12.2. The lowest BCUT2D eigenvalue weighted by atomic mass is 10.1. The monoisotopic (exact) mass is 311 g/mol. The van der Waals surface area contributed by atoms with Gasteiger partial charge in [-0.1, -0.05) is 18.2 Å². The number of β-amino-alcohol motifs (C(OH)–C–C–N with tert-alkyl or cyclic N) is 1. The number of aliphatic hydroxyl groups excluding tert-OH is 1. The molecule has 0 radical (unpaired) electrons. The Morgan fingerprint density at radius 3 is 2.35 bits per heavy atom. The summed E-state index contributed by atoms with van der Waals surface area (Å²) in [5.74, 6) is 0. The fourth-order valence-electron chi connectivity index (χ4n) is 2.67. The van der Waals surface area contributed by atoms with Crippen molar-refractivity contribution < 1.29 is 9.90 Å². The normalized spacial score (nSPS) is 17.6. The van der Waals surface area contributed by atoms with Crippen molar-refractivity contribution in [3.63, 3.8) is 0 Å². The Kier molecular flexibility index (Phi) is 4.78. The number of nitrogens with one attached hydrogen (secondary N) is 2. The number of anilines is 3. The minimum atomic E-state index is -0.410. The first-order valence-electron chi connectivity index (χ1n) is 7.87. The second-order valence-electron chi connectivity index (χ2n) is 5.74. The number of hydrogen-bond donors (Lipinski definition) is 3. The van der Waals surface area contributed by atoms with Gasteiger partial charge in [0.05, 0.1) is 6.10 Å². The zero-order valence-electron chi connectivity index (χ0n) is 12.9. The number of likely N-dealkylation sites (tertiary alicyclic amines) is 1. The van der Waals surface area contributed by atoms with Gasteiger partial charge in [-0.25, -0.2) is 4.79 Å². The number of piperidine rings is 1. The summed E-state index contributed by atoms with van der Waals surface area (Å²) in [5.41, 5.74) is 2.72. The molecule has 23 heavy (non-hydrogen) atoms. The van der Waals surface area contributed by atoms with Gasteiger partial charge in [0, 0.05) is 30.2 Å². The summed E-state index contributed by atoms with van der Waals surface area (Å²) < 4.78 is 0. The van der Waals surface area contributed by atoms with E-state index in [1.54, 1.807) is 4.90 Å². The van der Waals surface area contributed by atoms with Crippen LogP contribution in [0.25, 0.3) is 0 Å². The van der Waals surface area contributed by atoms with E-state index in [4.69, 9.17) is 0 Å². The molecule has 1 saturated heterocycles. The van der Waals surface area contributed by atoms with Crippen molar-refractivity contribution in [2.45, 2.75) is 18.9 Å². The molecule has 2 aromatic rings. The highest BCUT2D eigenvalue weighted by Crippen LogP contribution is 2.19. The van der Waals surface area contributed by atoms with Gasteiger partial charge >= 0.3 is 6.03 Å². The van der Waals surface area contributed by atoms with Crippen LogP contribution in [0.3, 0.4) is 0 Å². The maximum absolute atomic E-state index is 12.2. The number of para-hydroxylation sites is 1. The van der Waals surface area contributed by atoms with Gasteiger partial charge in [0.1, 0.15) is 0 Å². The summed E-state index contributed by atoms with van der Waals surface area (Å²) in [6.07, 6.45) is 1.20. The van der Waals surface area contributed by atoms with Gasteiger partial charge < -0.3 is 20.6 Å². The standard InChI is InChI=1S/C18H21N3O2/c22-17-7-4-12-21(13-17)18(23)20-16-10-8-15(9-11-16)19-14-5-2-1-3-6-14/h1-3,5-6,8-11,17,19,22H,4,7,12-13H2,(H,20,23). The van der Waals surface area contributed by atoms with Crippen LogP contribution in [-0.4, -0.2) is 35.2 Å². The number of rotatable bonds is 3. The number of aliphatic hydroxyl groups is 1. The molecular weight excluding hydrogens is 290 g/mol. The molecule has 0 aromatic heterocycles. The van der Waals surface area contributed by atoms with Crippen molar-refractivity contribution in [2.75, 3.05) is 23.7 Å².